The first-order chi connectivity index (χ1) is 14.6. The van der Waals surface area contributed by atoms with E-state index in [1.165, 1.54) is 0 Å². The molecule has 2 amide bonds. The first-order valence-electron chi connectivity index (χ1n) is 10.7. The van der Waals surface area contributed by atoms with Crippen LogP contribution in [-0.2, 0) is 16.1 Å². The zero-order valence-corrected chi connectivity index (χ0v) is 20.0. The highest BCUT2D eigenvalue weighted by atomic mass is 35.5. The number of hydrogen-bond donors (Lipinski definition) is 1. The summed E-state index contributed by atoms with van der Waals surface area (Å²) in [5.41, 5.74) is 3.85. The minimum Gasteiger partial charge on any atom is -0.484 e. The molecule has 2 aromatic rings. The fourth-order valence-electron chi connectivity index (χ4n) is 3.24. The molecular formula is C25H33ClN2O3. The largest absolute Gasteiger partial charge is 0.484 e. The number of benzene rings is 2. The van der Waals surface area contributed by atoms with Gasteiger partial charge in [-0.2, -0.15) is 0 Å². The van der Waals surface area contributed by atoms with Crippen molar-refractivity contribution in [3.05, 3.63) is 63.7 Å². The fourth-order valence-corrected chi connectivity index (χ4v) is 3.35. The van der Waals surface area contributed by atoms with Crippen LogP contribution in [0.25, 0.3) is 0 Å². The summed E-state index contributed by atoms with van der Waals surface area (Å²) < 4.78 is 5.78. The summed E-state index contributed by atoms with van der Waals surface area (Å²) in [6.45, 7) is 11.7. The van der Waals surface area contributed by atoms with Gasteiger partial charge >= 0.3 is 0 Å². The van der Waals surface area contributed by atoms with Crippen molar-refractivity contribution in [2.45, 2.75) is 66.6 Å². The molecule has 31 heavy (non-hydrogen) atoms. The Balaban J connectivity index is 2.21. The van der Waals surface area contributed by atoms with Crippen molar-refractivity contribution in [3.8, 4) is 5.75 Å². The number of hydrogen-bond acceptors (Lipinski definition) is 3. The van der Waals surface area contributed by atoms with Gasteiger partial charge in [0.15, 0.2) is 6.61 Å². The summed E-state index contributed by atoms with van der Waals surface area (Å²) in [4.78, 5) is 27.5. The number of amides is 2. The molecule has 0 aromatic heterocycles. The van der Waals surface area contributed by atoms with Gasteiger partial charge in [0.1, 0.15) is 11.8 Å². The van der Waals surface area contributed by atoms with Gasteiger partial charge < -0.3 is 15.0 Å². The number of rotatable bonds is 9. The highest BCUT2D eigenvalue weighted by molar-refractivity contribution is 6.32. The minimum absolute atomic E-state index is 0.0432. The first kappa shape index (κ1) is 24.7. The zero-order valence-electron chi connectivity index (χ0n) is 19.3. The summed E-state index contributed by atoms with van der Waals surface area (Å²) in [6.07, 6.45) is 0.822. The number of carbonyl (C=O) groups excluding carboxylic acids is 2. The van der Waals surface area contributed by atoms with E-state index in [4.69, 9.17) is 16.3 Å². The van der Waals surface area contributed by atoms with E-state index in [-0.39, 0.29) is 24.5 Å². The van der Waals surface area contributed by atoms with Crippen molar-refractivity contribution >= 4 is 23.4 Å². The van der Waals surface area contributed by atoms with E-state index in [1.807, 2.05) is 71.0 Å². The Hall–Kier alpha value is -2.53. The Kier molecular flexibility index (Phi) is 8.93. The van der Waals surface area contributed by atoms with Gasteiger partial charge in [0.2, 0.25) is 5.91 Å². The predicted molar refractivity (Wildman–Crippen MR) is 126 cm³/mol. The van der Waals surface area contributed by atoms with Gasteiger partial charge in [-0.3, -0.25) is 9.59 Å². The molecule has 0 fully saturated rings. The van der Waals surface area contributed by atoms with E-state index in [0.717, 1.165) is 28.7 Å². The fraction of sp³-hybridized carbons (Fsp3) is 0.440. The zero-order chi connectivity index (χ0) is 23.1. The number of ether oxygens (including phenoxy) is 1. The summed E-state index contributed by atoms with van der Waals surface area (Å²) in [5.74, 6) is 0.162. The second-order valence-electron chi connectivity index (χ2n) is 8.10. The van der Waals surface area contributed by atoms with Crippen LogP contribution >= 0.6 is 11.6 Å². The standard InChI is InChI=1S/C25H33ClN2O3/c1-7-19(5)27-25(30)20(6)28(14-21-11-9-8-10-16(21)2)23(29)15-31-22-12-17(3)24(26)18(4)13-22/h8-13,19-20H,7,14-15H2,1-6H3,(H,27,30)/t19-,20-/m0/s1. The van der Waals surface area contributed by atoms with Crippen molar-refractivity contribution in [3.63, 3.8) is 0 Å². The summed E-state index contributed by atoms with van der Waals surface area (Å²) in [5, 5.41) is 3.66. The number of nitrogens with one attached hydrogen (secondary N) is 1. The van der Waals surface area contributed by atoms with Crippen LogP contribution in [0.15, 0.2) is 36.4 Å². The third-order valence-corrected chi connectivity index (χ3v) is 6.14. The molecule has 6 heteroatoms. The van der Waals surface area contributed by atoms with Crippen molar-refractivity contribution in [2.75, 3.05) is 6.61 Å². The van der Waals surface area contributed by atoms with E-state index in [2.05, 4.69) is 5.32 Å². The summed E-state index contributed by atoms with van der Waals surface area (Å²) >= 11 is 6.22. The third kappa shape index (κ3) is 6.73. The highest BCUT2D eigenvalue weighted by Crippen LogP contribution is 2.26. The van der Waals surface area contributed by atoms with Crippen LogP contribution in [0.3, 0.4) is 0 Å². The van der Waals surface area contributed by atoms with Gasteiger partial charge in [-0.1, -0.05) is 42.8 Å². The highest BCUT2D eigenvalue weighted by Gasteiger charge is 2.27. The lowest BCUT2D eigenvalue weighted by molar-refractivity contribution is -0.142. The lowest BCUT2D eigenvalue weighted by Crippen LogP contribution is -2.50. The summed E-state index contributed by atoms with van der Waals surface area (Å²) in [6, 6.07) is 10.9. The second-order valence-corrected chi connectivity index (χ2v) is 8.48. The van der Waals surface area contributed by atoms with Crippen LogP contribution in [0.2, 0.25) is 5.02 Å². The Morgan fingerprint density at radius 3 is 2.26 bits per heavy atom. The van der Waals surface area contributed by atoms with Gasteiger partial charge in [-0.25, -0.2) is 0 Å². The molecule has 0 spiro atoms. The molecule has 0 aliphatic carbocycles. The average molecular weight is 445 g/mol. The van der Waals surface area contributed by atoms with E-state index < -0.39 is 6.04 Å². The molecule has 0 unspecified atom stereocenters. The van der Waals surface area contributed by atoms with Crippen LogP contribution in [0, 0.1) is 20.8 Å². The SMILES string of the molecule is CC[C@H](C)NC(=O)[C@H](C)N(Cc1ccccc1C)C(=O)COc1cc(C)c(Cl)c(C)c1. The van der Waals surface area contributed by atoms with E-state index in [0.29, 0.717) is 17.3 Å². The molecule has 0 saturated heterocycles. The van der Waals surface area contributed by atoms with Crippen LogP contribution in [-0.4, -0.2) is 35.4 Å². The van der Waals surface area contributed by atoms with Gasteiger partial charge in [0, 0.05) is 17.6 Å². The van der Waals surface area contributed by atoms with Crippen molar-refractivity contribution < 1.29 is 14.3 Å². The molecule has 0 saturated carbocycles. The molecule has 1 N–H and O–H groups in total. The Morgan fingerprint density at radius 2 is 1.68 bits per heavy atom. The van der Waals surface area contributed by atoms with Crippen LogP contribution in [0.4, 0.5) is 0 Å². The molecule has 2 rings (SSSR count). The molecule has 2 atom stereocenters. The molecule has 0 radical (unpaired) electrons. The van der Waals surface area contributed by atoms with Crippen LogP contribution in [0.5, 0.6) is 5.75 Å². The van der Waals surface area contributed by atoms with E-state index >= 15 is 0 Å². The van der Waals surface area contributed by atoms with Crippen molar-refractivity contribution in [1.29, 1.82) is 0 Å². The smallest absolute Gasteiger partial charge is 0.261 e. The molecule has 0 bridgehead atoms. The third-order valence-electron chi connectivity index (χ3n) is 5.54. The van der Waals surface area contributed by atoms with E-state index in [1.54, 1.807) is 11.8 Å². The van der Waals surface area contributed by atoms with Crippen LogP contribution < -0.4 is 10.1 Å². The predicted octanol–water partition coefficient (Wildman–Crippen LogP) is 4.98. The summed E-state index contributed by atoms with van der Waals surface area (Å²) in [7, 11) is 0. The number of carbonyl (C=O) groups is 2. The maximum Gasteiger partial charge on any atom is 0.261 e. The molecule has 2 aromatic carbocycles. The maximum atomic E-state index is 13.2. The molecule has 0 heterocycles. The second kappa shape index (κ2) is 11.2. The van der Waals surface area contributed by atoms with Crippen LogP contribution in [0.1, 0.15) is 49.4 Å². The Labute approximate surface area is 190 Å². The van der Waals surface area contributed by atoms with Crippen molar-refractivity contribution in [1.82, 2.24) is 10.2 Å². The minimum atomic E-state index is -0.626. The number of aryl methyl sites for hydroxylation is 3. The molecular weight excluding hydrogens is 412 g/mol. The first-order valence-corrected chi connectivity index (χ1v) is 11.1. The normalized spacial score (nSPS) is 12.7. The lowest BCUT2D eigenvalue weighted by Gasteiger charge is -2.30. The monoisotopic (exact) mass is 444 g/mol. The van der Waals surface area contributed by atoms with Gasteiger partial charge in [0.05, 0.1) is 0 Å². The average Bonchev–Trinajstić information content (AvgIpc) is 2.74. The number of nitrogens with zero attached hydrogens (tertiary/aromatic N) is 1. The molecule has 168 valence electrons. The maximum absolute atomic E-state index is 13.2. The molecule has 0 aliphatic rings. The van der Waals surface area contributed by atoms with E-state index in [9.17, 15) is 9.59 Å². The Bertz CT molecular complexity index is 906. The lowest BCUT2D eigenvalue weighted by atomic mass is 10.1. The molecule has 0 aliphatic heterocycles. The topological polar surface area (TPSA) is 58.6 Å². The number of halogens is 1. The quantitative estimate of drug-likeness (QED) is 0.593. The van der Waals surface area contributed by atoms with Gasteiger partial charge in [0.25, 0.3) is 5.91 Å². The van der Waals surface area contributed by atoms with Gasteiger partial charge in [-0.15, -0.1) is 0 Å². The van der Waals surface area contributed by atoms with Crippen molar-refractivity contribution in [2.24, 2.45) is 0 Å². The molecule has 5 nitrogen and oxygen atoms in total. The Morgan fingerprint density at radius 1 is 1.06 bits per heavy atom. The van der Waals surface area contributed by atoms with Gasteiger partial charge in [-0.05, 0) is 75.4 Å².